The summed E-state index contributed by atoms with van der Waals surface area (Å²) in [6.07, 6.45) is -5.15. The third-order valence-electron chi connectivity index (χ3n) is 5.29. The molecule has 0 saturated heterocycles. The molecule has 1 atom stereocenters. The zero-order valence-corrected chi connectivity index (χ0v) is 16.7. The lowest BCUT2D eigenvalue weighted by Crippen LogP contribution is -2.43. The lowest BCUT2D eigenvalue weighted by atomic mass is 9.99. The number of para-hydroxylation sites is 2. The highest BCUT2D eigenvalue weighted by Crippen LogP contribution is 2.31. The van der Waals surface area contributed by atoms with Gasteiger partial charge in [0.15, 0.2) is 6.10 Å². The molecule has 0 spiro atoms. The maximum Gasteiger partial charge on any atom is 0.449 e. The molecule has 162 valence electrons. The van der Waals surface area contributed by atoms with E-state index in [4.69, 9.17) is 4.74 Å². The topological polar surface area (TPSA) is 64.4 Å². The normalized spacial score (nSPS) is 14.9. The van der Waals surface area contributed by atoms with Crippen LogP contribution in [0.25, 0.3) is 11.0 Å². The number of benzene rings is 2. The van der Waals surface area contributed by atoms with Crippen molar-refractivity contribution in [2.75, 3.05) is 6.54 Å². The number of hydrogen-bond donors (Lipinski definition) is 0. The highest BCUT2D eigenvalue weighted by atomic mass is 19.4. The van der Waals surface area contributed by atoms with E-state index in [0.29, 0.717) is 19.5 Å². The van der Waals surface area contributed by atoms with Gasteiger partial charge in [-0.1, -0.05) is 36.4 Å². The number of esters is 1. The molecule has 1 aliphatic rings. The van der Waals surface area contributed by atoms with Crippen LogP contribution in [0.5, 0.6) is 0 Å². The van der Waals surface area contributed by atoms with Gasteiger partial charge in [0.25, 0.3) is 5.91 Å². The van der Waals surface area contributed by atoms with Crippen LogP contribution in [-0.4, -0.2) is 39.0 Å². The zero-order valence-electron chi connectivity index (χ0n) is 16.7. The Balaban J connectivity index is 1.46. The van der Waals surface area contributed by atoms with Crippen LogP contribution in [0.3, 0.4) is 0 Å². The van der Waals surface area contributed by atoms with Gasteiger partial charge in [0.1, 0.15) is 6.54 Å². The first-order chi connectivity index (χ1) is 14.7. The molecule has 2 heterocycles. The van der Waals surface area contributed by atoms with Crippen molar-refractivity contribution in [3.05, 3.63) is 65.5 Å². The summed E-state index contributed by atoms with van der Waals surface area (Å²) < 4.78 is 46.2. The highest BCUT2D eigenvalue weighted by molar-refractivity contribution is 5.84. The Morgan fingerprint density at radius 2 is 1.77 bits per heavy atom. The number of alkyl halides is 3. The summed E-state index contributed by atoms with van der Waals surface area (Å²) in [5.41, 5.74) is 2.49. The van der Waals surface area contributed by atoms with Gasteiger partial charge in [-0.15, -0.1) is 0 Å². The zero-order chi connectivity index (χ0) is 22.2. The second-order valence-corrected chi connectivity index (χ2v) is 7.42. The van der Waals surface area contributed by atoms with Gasteiger partial charge >= 0.3 is 12.1 Å². The third kappa shape index (κ3) is 4.26. The van der Waals surface area contributed by atoms with Gasteiger partial charge in [0.05, 0.1) is 11.0 Å². The van der Waals surface area contributed by atoms with E-state index in [2.05, 4.69) is 4.98 Å². The predicted molar refractivity (Wildman–Crippen MR) is 106 cm³/mol. The molecule has 0 bridgehead atoms. The number of fused-ring (bicyclic) bond motifs is 2. The summed E-state index contributed by atoms with van der Waals surface area (Å²) in [6.45, 7) is 1.62. The summed E-state index contributed by atoms with van der Waals surface area (Å²) in [7, 11) is 0. The van der Waals surface area contributed by atoms with Gasteiger partial charge in [-0.05, 0) is 36.6 Å². The fourth-order valence-electron chi connectivity index (χ4n) is 3.81. The van der Waals surface area contributed by atoms with Crippen LogP contribution in [0.2, 0.25) is 0 Å². The van der Waals surface area contributed by atoms with Gasteiger partial charge in [-0.3, -0.25) is 9.59 Å². The number of nitrogens with zero attached hydrogens (tertiary/aromatic N) is 3. The first kappa shape index (κ1) is 20.9. The molecular formula is C22H20F3N3O3. The lowest BCUT2D eigenvalue weighted by molar-refractivity contribution is -0.161. The quantitative estimate of drug-likeness (QED) is 0.593. The van der Waals surface area contributed by atoms with Crippen molar-refractivity contribution in [1.82, 2.24) is 14.5 Å². The Labute approximate surface area is 176 Å². The molecule has 0 aliphatic carbocycles. The van der Waals surface area contributed by atoms with E-state index in [-0.39, 0.29) is 16.9 Å². The summed E-state index contributed by atoms with van der Waals surface area (Å²) >= 11 is 0. The smallest absolute Gasteiger partial charge is 0.449 e. The van der Waals surface area contributed by atoms with E-state index >= 15 is 0 Å². The van der Waals surface area contributed by atoms with Crippen LogP contribution in [0.4, 0.5) is 13.2 Å². The lowest BCUT2D eigenvalue weighted by Gasteiger charge is -2.30. The SMILES string of the molecule is CC(OC(=O)Cn1c(C(F)(F)F)nc2ccccc21)C(=O)N1CCc2ccccc2C1. The monoisotopic (exact) mass is 431 g/mol. The molecule has 31 heavy (non-hydrogen) atoms. The molecule has 4 rings (SSSR count). The van der Waals surface area contributed by atoms with Crippen LogP contribution in [-0.2, 0) is 40.0 Å². The number of aromatic nitrogens is 2. The number of carbonyl (C=O) groups is 2. The van der Waals surface area contributed by atoms with Crippen LogP contribution >= 0.6 is 0 Å². The summed E-state index contributed by atoms with van der Waals surface area (Å²) in [5, 5.41) is 0. The number of rotatable bonds is 4. The van der Waals surface area contributed by atoms with Gasteiger partial charge < -0.3 is 14.2 Å². The Morgan fingerprint density at radius 3 is 2.52 bits per heavy atom. The molecule has 0 radical (unpaired) electrons. The fraction of sp³-hybridized carbons (Fsp3) is 0.318. The minimum absolute atomic E-state index is 0.124. The summed E-state index contributed by atoms with van der Waals surface area (Å²) in [6, 6.07) is 13.8. The van der Waals surface area contributed by atoms with Gasteiger partial charge in [-0.2, -0.15) is 13.2 Å². The maximum absolute atomic E-state index is 13.4. The number of hydrogen-bond acceptors (Lipinski definition) is 4. The second-order valence-electron chi connectivity index (χ2n) is 7.42. The predicted octanol–water partition coefficient (Wildman–Crippen LogP) is 3.57. The van der Waals surface area contributed by atoms with E-state index in [0.717, 1.165) is 10.1 Å². The van der Waals surface area contributed by atoms with Crippen LogP contribution in [0, 0.1) is 0 Å². The van der Waals surface area contributed by atoms with Crippen molar-refractivity contribution in [3.8, 4) is 0 Å². The molecule has 0 N–H and O–H groups in total. The van der Waals surface area contributed by atoms with Crippen LogP contribution < -0.4 is 0 Å². The van der Waals surface area contributed by atoms with Crippen molar-refractivity contribution in [1.29, 1.82) is 0 Å². The van der Waals surface area contributed by atoms with Crippen molar-refractivity contribution < 1.29 is 27.5 Å². The molecule has 1 amide bonds. The van der Waals surface area contributed by atoms with E-state index in [1.807, 2.05) is 24.3 Å². The molecule has 1 aromatic heterocycles. The van der Waals surface area contributed by atoms with Crippen molar-refractivity contribution in [2.24, 2.45) is 0 Å². The largest absolute Gasteiger partial charge is 0.451 e. The van der Waals surface area contributed by atoms with Crippen LogP contribution in [0.15, 0.2) is 48.5 Å². The van der Waals surface area contributed by atoms with E-state index in [1.165, 1.54) is 24.6 Å². The molecule has 0 fully saturated rings. The molecular weight excluding hydrogens is 411 g/mol. The molecule has 3 aromatic rings. The van der Waals surface area contributed by atoms with Gasteiger partial charge in [-0.25, -0.2) is 4.98 Å². The summed E-state index contributed by atoms with van der Waals surface area (Å²) in [4.78, 5) is 30.3. The average Bonchev–Trinajstić information content (AvgIpc) is 3.11. The number of ether oxygens (including phenoxy) is 1. The van der Waals surface area contributed by atoms with E-state index in [1.54, 1.807) is 17.0 Å². The first-order valence-corrected chi connectivity index (χ1v) is 9.81. The maximum atomic E-state index is 13.4. The Hall–Kier alpha value is -3.36. The van der Waals surface area contributed by atoms with Crippen LogP contribution in [0.1, 0.15) is 23.9 Å². The number of carbonyl (C=O) groups excluding carboxylic acids is 2. The van der Waals surface area contributed by atoms with Crippen molar-refractivity contribution >= 4 is 22.9 Å². The third-order valence-corrected chi connectivity index (χ3v) is 5.29. The second kappa shape index (κ2) is 8.05. The van der Waals surface area contributed by atoms with Crippen molar-refractivity contribution in [3.63, 3.8) is 0 Å². The number of amides is 1. The van der Waals surface area contributed by atoms with Gasteiger partial charge in [0, 0.05) is 13.1 Å². The minimum atomic E-state index is -4.73. The minimum Gasteiger partial charge on any atom is -0.451 e. The number of imidazole rings is 1. The van der Waals surface area contributed by atoms with E-state index in [9.17, 15) is 22.8 Å². The molecule has 1 aliphatic heterocycles. The fourth-order valence-corrected chi connectivity index (χ4v) is 3.81. The average molecular weight is 431 g/mol. The molecule has 6 nitrogen and oxygen atoms in total. The first-order valence-electron chi connectivity index (χ1n) is 9.81. The Bertz CT molecular complexity index is 1140. The Kier molecular flexibility index (Phi) is 5.43. The van der Waals surface area contributed by atoms with Crippen molar-refractivity contribution in [2.45, 2.75) is 38.7 Å². The highest BCUT2D eigenvalue weighted by Gasteiger charge is 2.38. The standard InChI is InChI=1S/C22H20F3N3O3/c1-14(20(30)27-11-10-15-6-2-3-7-16(15)12-27)31-19(29)13-28-18-9-5-4-8-17(18)26-21(28)22(23,24)25/h2-9,14H,10-13H2,1H3. The molecule has 0 saturated carbocycles. The molecule has 2 aromatic carbocycles. The van der Waals surface area contributed by atoms with Gasteiger partial charge in [0.2, 0.25) is 5.82 Å². The summed E-state index contributed by atoms with van der Waals surface area (Å²) in [5.74, 6) is -2.50. The Morgan fingerprint density at radius 1 is 1.10 bits per heavy atom. The van der Waals surface area contributed by atoms with E-state index < -0.39 is 30.6 Å². The number of halogens is 3. The molecule has 1 unspecified atom stereocenters. The molecule has 9 heteroatoms.